The Morgan fingerprint density at radius 3 is 2.95 bits per heavy atom. The van der Waals surface area contributed by atoms with Crippen LogP contribution in [-0.4, -0.2) is 35.4 Å². The predicted octanol–water partition coefficient (Wildman–Crippen LogP) is 2.49. The number of amides is 1. The molecule has 19 heavy (non-hydrogen) atoms. The molecule has 1 saturated heterocycles. The molecule has 1 aromatic heterocycles. The Kier molecular flexibility index (Phi) is 5.02. The Bertz CT molecular complexity index is 467. The summed E-state index contributed by atoms with van der Waals surface area (Å²) >= 11 is 11.9. The number of piperidine rings is 1. The average molecular weight is 302 g/mol. The minimum absolute atomic E-state index is 0.0674. The van der Waals surface area contributed by atoms with Crippen molar-refractivity contribution in [1.82, 2.24) is 15.2 Å². The number of likely N-dealkylation sites (N-methyl/N-ethyl adjacent to an activating group) is 1. The van der Waals surface area contributed by atoms with Crippen molar-refractivity contribution in [3.05, 3.63) is 28.0 Å². The maximum Gasteiger partial charge on any atom is 0.237 e. The molecule has 0 bridgehead atoms. The summed E-state index contributed by atoms with van der Waals surface area (Å²) in [6.07, 6.45) is 3.08. The lowest BCUT2D eigenvalue weighted by Gasteiger charge is -2.34. The van der Waals surface area contributed by atoms with Gasteiger partial charge in [0.1, 0.15) is 10.3 Å². The third-order valence-corrected chi connectivity index (χ3v) is 3.97. The number of nitrogens with one attached hydrogen (secondary N) is 1. The maximum absolute atomic E-state index is 11.9. The van der Waals surface area contributed by atoms with E-state index in [1.165, 1.54) is 0 Å². The summed E-state index contributed by atoms with van der Waals surface area (Å²) in [6.45, 7) is 1.53. The van der Waals surface area contributed by atoms with Crippen LogP contribution < -0.4 is 5.32 Å². The Morgan fingerprint density at radius 1 is 1.47 bits per heavy atom. The van der Waals surface area contributed by atoms with E-state index < -0.39 is 0 Å². The van der Waals surface area contributed by atoms with Gasteiger partial charge in [-0.25, -0.2) is 4.98 Å². The van der Waals surface area contributed by atoms with Gasteiger partial charge < -0.3 is 5.32 Å². The molecular formula is C13H17Cl2N3O. The minimum atomic E-state index is -0.0782. The largest absolute Gasteiger partial charge is 0.358 e. The molecule has 1 unspecified atom stereocenters. The number of pyridine rings is 1. The quantitative estimate of drug-likeness (QED) is 0.873. The number of nitrogens with zero attached hydrogens (tertiary/aromatic N) is 2. The second-order valence-corrected chi connectivity index (χ2v) is 5.43. The fraction of sp³-hybridized carbons (Fsp3) is 0.538. The lowest BCUT2D eigenvalue weighted by Crippen LogP contribution is -2.48. The molecule has 1 aliphatic heterocycles. The smallest absolute Gasteiger partial charge is 0.237 e. The van der Waals surface area contributed by atoms with Crippen molar-refractivity contribution in [2.75, 3.05) is 13.6 Å². The number of hydrogen-bond acceptors (Lipinski definition) is 3. The molecular weight excluding hydrogens is 285 g/mol. The SMILES string of the molecule is CNC(=O)C1CCCCN1Cc1ccc(Cl)nc1Cl. The predicted molar refractivity (Wildman–Crippen MR) is 76.4 cm³/mol. The Balaban J connectivity index is 2.13. The van der Waals surface area contributed by atoms with Crippen molar-refractivity contribution in [2.24, 2.45) is 0 Å². The van der Waals surface area contributed by atoms with E-state index in [4.69, 9.17) is 23.2 Å². The molecule has 2 heterocycles. The fourth-order valence-corrected chi connectivity index (χ4v) is 2.83. The average Bonchev–Trinajstić information content (AvgIpc) is 2.41. The zero-order valence-electron chi connectivity index (χ0n) is 10.8. The first kappa shape index (κ1) is 14.6. The van der Waals surface area contributed by atoms with E-state index in [9.17, 15) is 4.79 Å². The number of aromatic nitrogens is 1. The van der Waals surface area contributed by atoms with Gasteiger partial charge in [-0.1, -0.05) is 35.7 Å². The fourth-order valence-electron chi connectivity index (χ4n) is 2.42. The Labute approximate surface area is 123 Å². The highest BCUT2D eigenvalue weighted by atomic mass is 35.5. The number of halogens is 2. The molecule has 1 atom stereocenters. The van der Waals surface area contributed by atoms with Crippen molar-refractivity contribution >= 4 is 29.1 Å². The normalized spacial score (nSPS) is 20.3. The second-order valence-electron chi connectivity index (χ2n) is 4.68. The number of carbonyl (C=O) groups excluding carboxylic acids is 1. The van der Waals surface area contributed by atoms with Gasteiger partial charge in [0.15, 0.2) is 0 Å². The van der Waals surface area contributed by atoms with Crippen LogP contribution in [0.3, 0.4) is 0 Å². The van der Waals surface area contributed by atoms with Crippen LogP contribution >= 0.6 is 23.2 Å². The Hall–Kier alpha value is -0.840. The topological polar surface area (TPSA) is 45.2 Å². The third kappa shape index (κ3) is 3.59. The number of carbonyl (C=O) groups is 1. The summed E-state index contributed by atoms with van der Waals surface area (Å²) in [4.78, 5) is 18.1. The lowest BCUT2D eigenvalue weighted by molar-refractivity contribution is -0.127. The van der Waals surface area contributed by atoms with E-state index in [-0.39, 0.29) is 11.9 Å². The molecule has 1 aliphatic rings. The van der Waals surface area contributed by atoms with Crippen molar-refractivity contribution in [1.29, 1.82) is 0 Å². The van der Waals surface area contributed by atoms with Crippen LogP contribution in [-0.2, 0) is 11.3 Å². The van der Waals surface area contributed by atoms with E-state index in [1.54, 1.807) is 13.1 Å². The zero-order chi connectivity index (χ0) is 13.8. The summed E-state index contributed by atoms with van der Waals surface area (Å²) in [7, 11) is 1.67. The number of hydrogen-bond donors (Lipinski definition) is 1. The zero-order valence-corrected chi connectivity index (χ0v) is 12.3. The van der Waals surface area contributed by atoms with E-state index in [2.05, 4.69) is 15.2 Å². The summed E-state index contributed by atoms with van der Waals surface area (Å²) in [5.74, 6) is 0.0674. The van der Waals surface area contributed by atoms with Crippen molar-refractivity contribution in [2.45, 2.75) is 31.8 Å². The summed E-state index contributed by atoms with van der Waals surface area (Å²) in [6, 6.07) is 3.51. The van der Waals surface area contributed by atoms with Gasteiger partial charge in [-0.15, -0.1) is 0 Å². The highest BCUT2D eigenvalue weighted by Crippen LogP contribution is 2.23. The third-order valence-electron chi connectivity index (χ3n) is 3.43. The van der Waals surface area contributed by atoms with Gasteiger partial charge in [-0.3, -0.25) is 9.69 Å². The van der Waals surface area contributed by atoms with Crippen LogP contribution in [0.2, 0.25) is 10.3 Å². The van der Waals surface area contributed by atoms with E-state index in [1.807, 2.05) is 6.07 Å². The van der Waals surface area contributed by atoms with Crippen molar-refractivity contribution < 1.29 is 4.79 Å². The van der Waals surface area contributed by atoms with Gasteiger partial charge in [-0.2, -0.15) is 0 Å². The molecule has 0 radical (unpaired) electrons. The van der Waals surface area contributed by atoms with Crippen molar-refractivity contribution in [3.8, 4) is 0 Å². The van der Waals surface area contributed by atoms with E-state index in [0.717, 1.165) is 31.4 Å². The highest BCUT2D eigenvalue weighted by Gasteiger charge is 2.28. The number of likely N-dealkylation sites (tertiary alicyclic amines) is 1. The van der Waals surface area contributed by atoms with E-state index in [0.29, 0.717) is 16.9 Å². The van der Waals surface area contributed by atoms with Gasteiger partial charge in [0.25, 0.3) is 0 Å². The monoisotopic (exact) mass is 301 g/mol. The first-order valence-electron chi connectivity index (χ1n) is 6.38. The van der Waals surface area contributed by atoms with Gasteiger partial charge in [0, 0.05) is 19.2 Å². The highest BCUT2D eigenvalue weighted by molar-refractivity contribution is 6.32. The summed E-state index contributed by atoms with van der Waals surface area (Å²) in [5, 5.41) is 3.52. The molecule has 0 saturated carbocycles. The van der Waals surface area contributed by atoms with Crippen LogP contribution in [0.25, 0.3) is 0 Å². The maximum atomic E-state index is 11.9. The first-order chi connectivity index (χ1) is 9.11. The molecule has 1 fully saturated rings. The summed E-state index contributed by atoms with van der Waals surface area (Å²) < 4.78 is 0. The summed E-state index contributed by atoms with van der Waals surface area (Å²) in [5.41, 5.74) is 0.905. The first-order valence-corrected chi connectivity index (χ1v) is 7.14. The standard InChI is InChI=1S/C13H17Cl2N3O/c1-16-13(19)10-4-2-3-7-18(10)8-9-5-6-11(14)17-12(9)15/h5-6,10H,2-4,7-8H2,1H3,(H,16,19). The van der Waals surface area contributed by atoms with Crippen LogP contribution in [0.5, 0.6) is 0 Å². The molecule has 6 heteroatoms. The molecule has 0 spiro atoms. The molecule has 1 amide bonds. The van der Waals surface area contributed by atoms with E-state index >= 15 is 0 Å². The minimum Gasteiger partial charge on any atom is -0.358 e. The van der Waals surface area contributed by atoms with Crippen LogP contribution in [0.4, 0.5) is 0 Å². The molecule has 1 aromatic rings. The van der Waals surface area contributed by atoms with Gasteiger partial charge in [0.2, 0.25) is 5.91 Å². The van der Waals surface area contributed by atoms with Gasteiger partial charge in [-0.05, 0) is 25.5 Å². The van der Waals surface area contributed by atoms with Crippen LogP contribution in [0, 0.1) is 0 Å². The Morgan fingerprint density at radius 2 is 2.26 bits per heavy atom. The van der Waals surface area contributed by atoms with Gasteiger partial charge >= 0.3 is 0 Å². The van der Waals surface area contributed by atoms with Gasteiger partial charge in [0.05, 0.1) is 6.04 Å². The lowest BCUT2D eigenvalue weighted by atomic mass is 10.0. The second kappa shape index (κ2) is 6.55. The molecule has 2 rings (SSSR count). The van der Waals surface area contributed by atoms with Crippen molar-refractivity contribution in [3.63, 3.8) is 0 Å². The molecule has 104 valence electrons. The molecule has 0 aromatic carbocycles. The van der Waals surface area contributed by atoms with Crippen LogP contribution in [0.15, 0.2) is 12.1 Å². The van der Waals surface area contributed by atoms with Crippen LogP contribution in [0.1, 0.15) is 24.8 Å². The number of rotatable bonds is 3. The molecule has 4 nitrogen and oxygen atoms in total. The molecule has 0 aliphatic carbocycles. The molecule has 1 N–H and O–H groups in total.